The molecule has 1 fully saturated rings. The molecule has 4 nitrogen and oxygen atoms in total. The monoisotopic (exact) mass is 329 g/mol. The Bertz CT molecular complexity index is 469. The van der Waals surface area contributed by atoms with Crippen molar-refractivity contribution in [3.05, 3.63) is 21.3 Å². The third-order valence-corrected chi connectivity index (χ3v) is 5.26. The second kappa shape index (κ2) is 7.70. The van der Waals surface area contributed by atoms with Gasteiger partial charge in [0.2, 0.25) is 0 Å². The van der Waals surface area contributed by atoms with Crippen LogP contribution in [0.4, 0.5) is 0 Å². The molecule has 0 saturated carbocycles. The van der Waals surface area contributed by atoms with E-state index in [1.807, 2.05) is 13.0 Å². The quantitative estimate of drug-likeness (QED) is 0.747. The lowest BCUT2D eigenvalue weighted by Gasteiger charge is -2.37. The smallest absolute Gasteiger partial charge is 0.189 e. The maximum Gasteiger partial charge on any atom is 0.189 e. The van der Waals surface area contributed by atoms with Gasteiger partial charge in [-0.15, -0.1) is 11.3 Å². The van der Waals surface area contributed by atoms with Crippen molar-refractivity contribution in [1.82, 2.24) is 14.7 Å². The molecule has 2 rings (SSSR count). The third kappa shape index (κ3) is 4.76. The van der Waals surface area contributed by atoms with Crippen LogP contribution in [0.25, 0.3) is 0 Å². The van der Waals surface area contributed by atoms with Crippen molar-refractivity contribution in [3.8, 4) is 0 Å². The van der Waals surface area contributed by atoms with E-state index in [1.165, 1.54) is 11.3 Å². The van der Waals surface area contributed by atoms with Crippen LogP contribution in [-0.2, 0) is 0 Å². The number of piperazine rings is 1. The van der Waals surface area contributed by atoms with E-state index in [0.29, 0.717) is 4.34 Å². The van der Waals surface area contributed by atoms with Gasteiger partial charge in [0.05, 0.1) is 15.3 Å². The highest BCUT2D eigenvalue weighted by atomic mass is 35.5. The van der Waals surface area contributed by atoms with E-state index in [2.05, 4.69) is 28.8 Å². The number of likely N-dealkylation sites (N-methyl/N-ethyl adjacent to an activating group) is 1. The Morgan fingerprint density at radius 2 is 2.00 bits per heavy atom. The second-order valence-electron chi connectivity index (χ2n) is 5.82. The van der Waals surface area contributed by atoms with Crippen molar-refractivity contribution in [2.45, 2.75) is 13.0 Å². The van der Waals surface area contributed by atoms with E-state index in [4.69, 9.17) is 11.6 Å². The number of hydrogen-bond donors (Lipinski definition) is 0. The minimum atomic E-state index is -0.0595. The summed E-state index contributed by atoms with van der Waals surface area (Å²) in [5.74, 6) is 0.189. The van der Waals surface area contributed by atoms with Gasteiger partial charge in [-0.05, 0) is 33.2 Å². The number of rotatable bonds is 6. The summed E-state index contributed by atoms with van der Waals surface area (Å²) in [7, 11) is 4.20. The molecule has 0 N–H and O–H groups in total. The predicted molar refractivity (Wildman–Crippen MR) is 89.7 cm³/mol. The van der Waals surface area contributed by atoms with Crippen molar-refractivity contribution in [3.63, 3.8) is 0 Å². The van der Waals surface area contributed by atoms with Crippen LogP contribution in [0.5, 0.6) is 0 Å². The van der Waals surface area contributed by atoms with Crippen molar-refractivity contribution >= 4 is 28.7 Å². The number of thiophene rings is 1. The first-order chi connectivity index (χ1) is 9.97. The molecule has 0 aliphatic carbocycles. The molecule has 0 aromatic carbocycles. The molecule has 2 heterocycles. The van der Waals surface area contributed by atoms with E-state index in [0.717, 1.165) is 44.1 Å². The Morgan fingerprint density at radius 3 is 2.52 bits per heavy atom. The summed E-state index contributed by atoms with van der Waals surface area (Å²) in [4.78, 5) is 20.2. The molecular formula is C15H24ClN3OS. The summed E-state index contributed by atoms with van der Waals surface area (Å²) in [5, 5.41) is 0. The van der Waals surface area contributed by atoms with Gasteiger partial charge < -0.3 is 4.90 Å². The molecule has 0 radical (unpaired) electrons. The number of Topliss-reactive ketones (excluding diaryl/α,β-unsaturated/α-hetero) is 1. The molecule has 1 saturated heterocycles. The van der Waals surface area contributed by atoms with Gasteiger partial charge in [0, 0.05) is 39.3 Å². The SMILES string of the molecule is CC(C(=O)c1ccc(Cl)s1)N1CCN(CCN(C)C)CC1. The topological polar surface area (TPSA) is 26.8 Å². The zero-order chi connectivity index (χ0) is 15.4. The van der Waals surface area contributed by atoms with Crippen molar-refractivity contribution < 1.29 is 4.79 Å². The molecule has 1 aliphatic heterocycles. The Hall–Kier alpha value is -0.460. The summed E-state index contributed by atoms with van der Waals surface area (Å²) in [6.45, 7) is 8.18. The molecule has 1 aromatic heterocycles. The first kappa shape index (κ1) is 16.9. The number of carbonyl (C=O) groups is 1. The first-order valence-corrected chi connectivity index (χ1v) is 8.57. The molecule has 21 heavy (non-hydrogen) atoms. The van der Waals surface area contributed by atoms with Crippen molar-refractivity contribution in [1.29, 1.82) is 0 Å². The molecule has 6 heteroatoms. The fraction of sp³-hybridized carbons (Fsp3) is 0.667. The molecule has 1 atom stereocenters. The summed E-state index contributed by atoms with van der Waals surface area (Å²) in [6, 6.07) is 3.57. The van der Waals surface area contributed by atoms with Gasteiger partial charge >= 0.3 is 0 Å². The molecular weight excluding hydrogens is 306 g/mol. The highest BCUT2D eigenvalue weighted by molar-refractivity contribution is 7.18. The van der Waals surface area contributed by atoms with Gasteiger partial charge in [0.15, 0.2) is 5.78 Å². The van der Waals surface area contributed by atoms with Crippen molar-refractivity contribution in [2.24, 2.45) is 0 Å². The van der Waals surface area contributed by atoms with Gasteiger partial charge in [-0.1, -0.05) is 11.6 Å². The Labute approximate surface area is 136 Å². The molecule has 1 aliphatic rings. The third-order valence-electron chi connectivity index (χ3n) is 4.01. The highest BCUT2D eigenvalue weighted by Crippen LogP contribution is 2.23. The maximum atomic E-state index is 12.4. The van der Waals surface area contributed by atoms with Crippen molar-refractivity contribution in [2.75, 3.05) is 53.4 Å². The van der Waals surface area contributed by atoms with Gasteiger partial charge in [0.25, 0.3) is 0 Å². The molecule has 1 aromatic rings. The lowest BCUT2D eigenvalue weighted by atomic mass is 10.1. The Kier molecular flexibility index (Phi) is 6.20. The van der Waals surface area contributed by atoms with E-state index >= 15 is 0 Å². The number of hydrogen-bond acceptors (Lipinski definition) is 5. The number of ketones is 1. The normalized spacial score (nSPS) is 19.1. The second-order valence-corrected chi connectivity index (χ2v) is 7.54. The van der Waals surface area contributed by atoms with E-state index in [-0.39, 0.29) is 11.8 Å². The summed E-state index contributed by atoms with van der Waals surface area (Å²) >= 11 is 7.29. The Balaban J connectivity index is 1.82. The van der Waals surface area contributed by atoms with Crippen LogP contribution < -0.4 is 0 Å². The summed E-state index contributed by atoms with van der Waals surface area (Å²) in [5.41, 5.74) is 0. The van der Waals surface area contributed by atoms with E-state index < -0.39 is 0 Å². The highest BCUT2D eigenvalue weighted by Gasteiger charge is 2.26. The largest absolute Gasteiger partial charge is 0.308 e. The lowest BCUT2D eigenvalue weighted by Crippen LogP contribution is -2.52. The fourth-order valence-electron chi connectivity index (χ4n) is 2.53. The van der Waals surface area contributed by atoms with Crippen LogP contribution in [0.3, 0.4) is 0 Å². The standard InChI is InChI=1S/C15H24ClN3OS/c1-12(15(20)13-4-5-14(16)21-13)19-10-8-18(9-11-19)7-6-17(2)3/h4-5,12H,6-11H2,1-3H3. The molecule has 0 spiro atoms. The first-order valence-electron chi connectivity index (χ1n) is 7.38. The summed E-state index contributed by atoms with van der Waals surface area (Å²) < 4.78 is 0.680. The number of carbonyl (C=O) groups excluding carboxylic acids is 1. The van der Waals surface area contributed by atoms with E-state index in [9.17, 15) is 4.79 Å². The van der Waals surface area contributed by atoms with Crippen LogP contribution >= 0.6 is 22.9 Å². The van der Waals surface area contributed by atoms with E-state index in [1.54, 1.807) is 6.07 Å². The average molecular weight is 330 g/mol. The summed E-state index contributed by atoms with van der Waals surface area (Å²) in [6.07, 6.45) is 0. The Morgan fingerprint density at radius 1 is 1.33 bits per heavy atom. The minimum Gasteiger partial charge on any atom is -0.308 e. The minimum absolute atomic E-state index is 0.0595. The van der Waals surface area contributed by atoms with Gasteiger partial charge in [-0.3, -0.25) is 14.6 Å². The predicted octanol–water partition coefficient (Wildman–Crippen LogP) is 2.15. The van der Waals surface area contributed by atoms with Crippen LogP contribution in [0.2, 0.25) is 4.34 Å². The maximum absolute atomic E-state index is 12.4. The van der Waals surface area contributed by atoms with Gasteiger partial charge in [0.1, 0.15) is 0 Å². The fourth-order valence-corrected chi connectivity index (χ4v) is 3.60. The van der Waals surface area contributed by atoms with Crippen LogP contribution in [0.1, 0.15) is 16.6 Å². The average Bonchev–Trinajstić information content (AvgIpc) is 2.90. The number of nitrogens with zero attached hydrogens (tertiary/aromatic N) is 3. The molecule has 0 bridgehead atoms. The molecule has 0 amide bonds. The van der Waals surface area contributed by atoms with Crippen LogP contribution in [0, 0.1) is 0 Å². The zero-order valence-electron chi connectivity index (χ0n) is 13.0. The lowest BCUT2D eigenvalue weighted by molar-refractivity contribution is 0.0693. The number of halogens is 1. The van der Waals surface area contributed by atoms with Gasteiger partial charge in [-0.2, -0.15) is 0 Å². The molecule has 1 unspecified atom stereocenters. The zero-order valence-corrected chi connectivity index (χ0v) is 14.6. The molecule has 118 valence electrons. The van der Waals surface area contributed by atoms with Gasteiger partial charge in [-0.25, -0.2) is 0 Å². The van der Waals surface area contributed by atoms with Crippen LogP contribution in [0.15, 0.2) is 12.1 Å². The van der Waals surface area contributed by atoms with Crippen LogP contribution in [-0.4, -0.2) is 79.9 Å².